The Hall–Kier alpha value is -2.12. The molecule has 1 aliphatic heterocycles. The van der Waals surface area contributed by atoms with Crippen LogP contribution in [0.25, 0.3) is 0 Å². The molecule has 2 aromatic rings. The summed E-state index contributed by atoms with van der Waals surface area (Å²) in [5.74, 6) is -0.230. The Labute approximate surface area is 124 Å². The van der Waals surface area contributed by atoms with Crippen LogP contribution >= 0.6 is 0 Å². The topological polar surface area (TPSA) is 32.0 Å². The van der Waals surface area contributed by atoms with Gasteiger partial charge in [-0.2, -0.15) is 5.26 Å². The van der Waals surface area contributed by atoms with Crippen LogP contribution in [0.2, 0.25) is 0 Å². The molecule has 1 aromatic carbocycles. The van der Waals surface area contributed by atoms with Gasteiger partial charge in [-0.15, -0.1) is 0 Å². The molecule has 3 rings (SSSR count). The van der Waals surface area contributed by atoms with Gasteiger partial charge >= 0.3 is 0 Å². The first-order valence-electron chi connectivity index (χ1n) is 7.23. The summed E-state index contributed by atoms with van der Waals surface area (Å²) >= 11 is 0. The molecule has 0 unspecified atom stereocenters. The molecular formula is C17H18FN3. The van der Waals surface area contributed by atoms with E-state index in [2.05, 4.69) is 21.6 Å². The van der Waals surface area contributed by atoms with Gasteiger partial charge in [-0.05, 0) is 49.7 Å². The second-order valence-corrected chi connectivity index (χ2v) is 5.59. The van der Waals surface area contributed by atoms with Crippen LogP contribution in [0.4, 0.5) is 4.39 Å². The number of nitrogens with zero attached hydrogens (tertiary/aromatic N) is 3. The summed E-state index contributed by atoms with van der Waals surface area (Å²) in [4.78, 5) is 2.30. The highest BCUT2D eigenvalue weighted by Gasteiger charge is 2.28. The molecule has 1 aliphatic rings. The molecule has 0 amide bonds. The maximum absolute atomic E-state index is 14.0. The fourth-order valence-corrected chi connectivity index (χ4v) is 3.16. The normalized spacial score (nSPS) is 18.8. The molecule has 0 radical (unpaired) electrons. The van der Waals surface area contributed by atoms with E-state index in [0.29, 0.717) is 23.7 Å². The highest BCUT2D eigenvalue weighted by Crippen LogP contribution is 2.33. The molecule has 1 aromatic heterocycles. The van der Waals surface area contributed by atoms with Crippen molar-refractivity contribution in [2.24, 2.45) is 7.05 Å². The lowest BCUT2D eigenvalue weighted by atomic mass is 10.1. The molecule has 2 heterocycles. The minimum absolute atomic E-state index is 0.230. The van der Waals surface area contributed by atoms with Gasteiger partial charge in [0.2, 0.25) is 0 Å². The molecule has 1 atom stereocenters. The minimum Gasteiger partial charge on any atom is -0.353 e. The zero-order valence-electron chi connectivity index (χ0n) is 12.1. The molecule has 1 fully saturated rings. The first-order valence-corrected chi connectivity index (χ1v) is 7.23. The van der Waals surface area contributed by atoms with E-state index in [0.717, 1.165) is 19.4 Å². The highest BCUT2D eigenvalue weighted by atomic mass is 19.1. The van der Waals surface area contributed by atoms with Gasteiger partial charge in [0.05, 0.1) is 17.7 Å². The monoisotopic (exact) mass is 283 g/mol. The number of hydrogen-bond donors (Lipinski definition) is 0. The third kappa shape index (κ3) is 2.70. The number of benzene rings is 1. The van der Waals surface area contributed by atoms with Gasteiger partial charge in [0.15, 0.2) is 0 Å². The largest absolute Gasteiger partial charge is 0.353 e. The Morgan fingerprint density at radius 2 is 2.24 bits per heavy atom. The van der Waals surface area contributed by atoms with Gasteiger partial charge in [0.25, 0.3) is 0 Å². The van der Waals surface area contributed by atoms with Crippen molar-refractivity contribution in [1.82, 2.24) is 9.47 Å². The van der Waals surface area contributed by atoms with Crippen molar-refractivity contribution in [2.75, 3.05) is 6.54 Å². The van der Waals surface area contributed by atoms with Gasteiger partial charge in [-0.1, -0.05) is 0 Å². The fourth-order valence-electron chi connectivity index (χ4n) is 3.16. The zero-order chi connectivity index (χ0) is 14.8. The maximum atomic E-state index is 14.0. The Bertz CT molecular complexity index is 684. The Balaban J connectivity index is 1.84. The average Bonchev–Trinajstić information content (AvgIpc) is 3.09. The molecule has 0 saturated carbocycles. The molecule has 1 saturated heterocycles. The second kappa shape index (κ2) is 5.71. The van der Waals surface area contributed by atoms with Crippen molar-refractivity contribution in [2.45, 2.75) is 25.4 Å². The molecule has 0 bridgehead atoms. The van der Waals surface area contributed by atoms with E-state index in [1.165, 1.54) is 17.8 Å². The standard InChI is InChI=1S/C17H18FN3/c1-20-8-2-4-16(20)17-5-3-9-21(17)12-14-10-13(11-19)6-7-15(14)18/h2,4,6-8,10,17H,3,5,9,12H2,1H3/t17-/m1/s1. The molecule has 0 aliphatic carbocycles. The van der Waals surface area contributed by atoms with Crippen molar-refractivity contribution in [3.63, 3.8) is 0 Å². The van der Waals surface area contributed by atoms with E-state index < -0.39 is 0 Å². The average molecular weight is 283 g/mol. The van der Waals surface area contributed by atoms with E-state index in [-0.39, 0.29) is 5.82 Å². The Morgan fingerprint density at radius 1 is 1.38 bits per heavy atom. The first-order chi connectivity index (χ1) is 10.2. The number of aryl methyl sites for hydroxylation is 1. The summed E-state index contributed by atoms with van der Waals surface area (Å²) < 4.78 is 16.1. The number of rotatable bonds is 3. The highest BCUT2D eigenvalue weighted by molar-refractivity contribution is 5.34. The SMILES string of the molecule is Cn1cccc1[C@H]1CCCN1Cc1cc(C#N)ccc1F. The number of hydrogen-bond acceptors (Lipinski definition) is 2. The van der Waals surface area contributed by atoms with E-state index in [9.17, 15) is 4.39 Å². The summed E-state index contributed by atoms with van der Waals surface area (Å²) in [6, 6.07) is 11.2. The zero-order valence-corrected chi connectivity index (χ0v) is 12.1. The molecule has 108 valence electrons. The van der Waals surface area contributed by atoms with E-state index >= 15 is 0 Å². The van der Waals surface area contributed by atoms with Crippen LogP contribution in [0.5, 0.6) is 0 Å². The van der Waals surface area contributed by atoms with Gasteiger partial charge < -0.3 is 4.57 Å². The number of likely N-dealkylation sites (tertiary alicyclic amines) is 1. The number of aromatic nitrogens is 1. The third-order valence-corrected chi connectivity index (χ3v) is 4.24. The summed E-state index contributed by atoms with van der Waals surface area (Å²) in [6.07, 6.45) is 4.26. The van der Waals surface area contributed by atoms with Gasteiger partial charge in [0.1, 0.15) is 5.82 Å². The lowest BCUT2D eigenvalue weighted by molar-refractivity contribution is 0.238. The van der Waals surface area contributed by atoms with E-state index in [1.54, 1.807) is 6.07 Å². The smallest absolute Gasteiger partial charge is 0.127 e. The summed E-state index contributed by atoms with van der Waals surface area (Å²) in [5.41, 5.74) is 2.39. The predicted octanol–water partition coefficient (Wildman–Crippen LogP) is 3.37. The fraction of sp³-hybridized carbons (Fsp3) is 0.353. The van der Waals surface area contributed by atoms with Gasteiger partial charge in [0, 0.05) is 31.0 Å². The second-order valence-electron chi connectivity index (χ2n) is 5.59. The van der Waals surface area contributed by atoms with Gasteiger partial charge in [-0.3, -0.25) is 4.90 Å². The van der Waals surface area contributed by atoms with Crippen LogP contribution in [0.3, 0.4) is 0 Å². The Morgan fingerprint density at radius 3 is 2.95 bits per heavy atom. The molecule has 0 spiro atoms. The summed E-state index contributed by atoms with van der Waals surface area (Å²) in [5, 5.41) is 8.96. The van der Waals surface area contributed by atoms with Crippen LogP contribution in [-0.4, -0.2) is 16.0 Å². The van der Waals surface area contributed by atoms with Crippen LogP contribution in [-0.2, 0) is 13.6 Å². The van der Waals surface area contributed by atoms with Crippen LogP contribution < -0.4 is 0 Å². The van der Waals surface area contributed by atoms with E-state index in [4.69, 9.17) is 5.26 Å². The molecule has 3 nitrogen and oxygen atoms in total. The van der Waals surface area contributed by atoms with Crippen LogP contribution in [0.1, 0.15) is 35.7 Å². The summed E-state index contributed by atoms with van der Waals surface area (Å²) in [6.45, 7) is 1.52. The van der Waals surface area contributed by atoms with Crippen molar-refractivity contribution in [1.29, 1.82) is 5.26 Å². The molecular weight excluding hydrogens is 265 g/mol. The summed E-state index contributed by atoms with van der Waals surface area (Å²) in [7, 11) is 2.04. The predicted molar refractivity (Wildman–Crippen MR) is 78.9 cm³/mol. The van der Waals surface area contributed by atoms with Crippen molar-refractivity contribution < 1.29 is 4.39 Å². The van der Waals surface area contributed by atoms with Crippen LogP contribution in [0.15, 0.2) is 36.5 Å². The molecule has 0 N–H and O–H groups in total. The van der Waals surface area contributed by atoms with E-state index in [1.807, 2.05) is 19.3 Å². The van der Waals surface area contributed by atoms with Crippen LogP contribution in [0, 0.1) is 17.1 Å². The third-order valence-electron chi connectivity index (χ3n) is 4.24. The molecule has 4 heteroatoms. The van der Waals surface area contributed by atoms with Crippen molar-refractivity contribution >= 4 is 0 Å². The van der Waals surface area contributed by atoms with Gasteiger partial charge in [-0.25, -0.2) is 4.39 Å². The lowest BCUT2D eigenvalue weighted by Gasteiger charge is -2.25. The number of nitriles is 1. The van der Waals surface area contributed by atoms with Crippen molar-refractivity contribution in [3.8, 4) is 6.07 Å². The quantitative estimate of drug-likeness (QED) is 0.865. The Kier molecular flexibility index (Phi) is 3.76. The number of halogens is 1. The molecule has 21 heavy (non-hydrogen) atoms. The van der Waals surface area contributed by atoms with Crippen molar-refractivity contribution in [3.05, 3.63) is 59.2 Å². The minimum atomic E-state index is -0.230. The maximum Gasteiger partial charge on any atom is 0.127 e. The lowest BCUT2D eigenvalue weighted by Crippen LogP contribution is -2.24. The first kappa shape index (κ1) is 13.8.